The summed E-state index contributed by atoms with van der Waals surface area (Å²) in [6.07, 6.45) is 0.281. The summed E-state index contributed by atoms with van der Waals surface area (Å²) >= 11 is 0. The van der Waals surface area contributed by atoms with Crippen molar-refractivity contribution in [1.29, 1.82) is 0 Å². The Bertz CT molecular complexity index is 866. The zero-order valence-electron chi connectivity index (χ0n) is 10.7. The average Bonchev–Trinajstić information content (AvgIpc) is 3.24. The van der Waals surface area contributed by atoms with Gasteiger partial charge in [-0.1, -0.05) is 6.07 Å². The van der Waals surface area contributed by atoms with E-state index in [9.17, 15) is 19.2 Å². The number of hydrogen-bond acceptors (Lipinski definition) is 4. The molecular formula is C13H11N3O5. The normalized spacial score (nSPS) is 20.2. The number of benzene rings is 1. The third kappa shape index (κ3) is 2.20. The fraction of sp³-hybridized carbons (Fsp3) is 0.231. The largest absolute Gasteiger partial charge is 0.481 e. The van der Waals surface area contributed by atoms with Crippen LogP contribution in [0.15, 0.2) is 27.8 Å². The molecule has 21 heavy (non-hydrogen) atoms. The number of aromatic nitrogens is 2. The number of hydrogen-bond donors (Lipinski definition) is 4. The molecule has 8 heteroatoms. The summed E-state index contributed by atoms with van der Waals surface area (Å²) in [7, 11) is 0. The number of rotatable bonds is 3. The van der Waals surface area contributed by atoms with E-state index in [0.29, 0.717) is 0 Å². The lowest BCUT2D eigenvalue weighted by Gasteiger charge is -2.07. The van der Waals surface area contributed by atoms with Crippen LogP contribution in [0.4, 0.5) is 5.69 Å². The van der Waals surface area contributed by atoms with Crippen molar-refractivity contribution in [3.63, 3.8) is 0 Å². The molecule has 3 rings (SSSR count). The molecule has 2 unspecified atom stereocenters. The third-order valence-corrected chi connectivity index (χ3v) is 3.53. The van der Waals surface area contributed by atoms with Crippen LogP contribution in [0.2, 0.25) is 0 Å². The minimum absolute atomic E-state index is 0.0714. The summed E-state index contributed by atoms with van der Waals surface area (Å²) < 4.78 is 0. The van der Waals surface area contributed by atoms with Crippen LogP contribution in [0.3, 0.4) is 0 Å². The smallest absolute Gasteiger partial charge is 0.307 e. The van der Waals surface area contributed by atoms with Crippen LogP contribution in [0.1, 0.15) is 6.42 Å². The van der Waals surface area contributed by atoms with Gasteiger partial charge in [-0.25, -0.2) is 0 Å². The Morgan fingerprint density at radius 3 is 2.52 bits per heavy atom. The highest BCUT2D eigenvalue weighted by molar-refractivity contribution is 6.04. The second kappa shape index (κ2) is 4.58. The van der Waals surface area contributed by atoms with E-state index in [1.165, 1.54) is 18.2 Å². The molecular weight excluding hydrogens is 278 g/mol. The number of carbonyl (C=O) groups excluding carboxylic acids is 1. The minimum Gasteiger partial charge on any atom is -0.481 e. The molecule has 8 nitrogen and oxygen atoms in total. The van der Waals surface area contributed by atoms with Crippen molar-refractivity contribution in [3.8, 4) is 0 Å². The predicted octanol–water partition coefficient (Wildman–Crippen LogP) is -0.124. The molecule has 0 spiro atoms. The Morgan fingerprint density at radius 1 is 1.14 bits per heavy atom. The van der Waals surface area contributed by atoms with Gasteiger partial charge in [-0.2, -0.15) is 0 Å². The first-order valence-electron chi connectivity index (χ1n) is 6.26. The first-order chi connectivity index (χ1) is 9.99. The molecule has 1 aromatic carbocycles. The molecule has 4 N–H and O–H groups in total. The molecule has 1 aromatic heterocycles. The highest BCUT2D eigenvalue weighted by Crippen LogP contribution is 2.39. The van der Waals surface area contributed by atoms with Crippen LogP contribution in [0, 0.1) is 11.8 Å². The zero-order chi connectivity index (χ0) is 15.1. The molecule has 1 heterocycles. The van der Waals surface area contributed by atoms with Crippen molar-refractivity contribution in [2.75, 3.05) is 5.32 Å². The van der Waals surface area contributed by atoms with Gasteiger partial charge in [0.25, 0.3) is 11.1 Å². The average molecular weight is 289 g/mol. The molecule has 0 radical (unpaired) electrons. The number of anilines is 1. The van der Waals surface area contributed by atoms with Gasteiger partial charge in [0, 0.05) is 0 Å². The van der Waals surface area contributed by atoms with Crippen molar-refractivity contribution < 1.29 is 14.7 Å². The lowest BCUT2D eigenvalue weighted by Crippen LogP contribution is -2.22. The van der Waals surface area contributed by atoms with Crippen LogP contribution in [0.5, 0.6) is 0 Å². The summed E-state index contributed by atoms with van der Waals surface area (Å²) in [5.74, 6) is -2.75. The molecule has 1 aliphatic carbocycles. The van der Waals surface area contributed by atoms with Gasteiger partial charge in [-0.3, -0.25) is 29.4 Å². The molecule has 2 aromatic rings. The molecule has 0 aliphatic heterocycles. The monoisotopic (exact) mass is 289 g/mol. The Balaban J connectivity index is 1.97. The number of aliphatic carboxylic acids is 1. The van der Waals surface area contributed by atoms with Crippen LogP contribution in [-0.4, -0.2) is 27.2 Å². The summed E-state index contributed by atoms with van der Waals surface area (Å²) in [6, 6.07) is 4.50. The number of fused-ring (bicyclic) bond motifs is 1. The van der Waals surface area contributed by atoms with E-state index >= 15 is 0 Å². The lowest BCUT2D eigenvalue weighted by atomic mass is 10.1. The van der Waals surface area contributed by atoms with E-state index in [4.69, 9.17) is 5.11 Å². The van der Waals surface area contributed by atoms with Gasteiger partial charge < -0.3 is 10.4 Å². The standard InChI is InChI=1S/C13H11N3O5/c17-10(6-4-7(6)13(20)21)14-8-3-1-2-5-9(8)12(19)16-15-11(5)18/h1-3,6-7H,4H2,(H,14,17)(H,15,18)(H,16,19)(H,20,21). The zero-order valence-corrected chi connectivity index (χ0v) is 10.7. The number of aromatic amines is 2. The Labute approximate surface area is 116 Å². The maximum atomic E-state index is 12.0. The van der Waals surface area contributed by atoms with Crippen LogP contribution in [0.25, 0.3) is 10.8 Å². The molecule has 2 atom stereocenters. The number of carboxylic acids is 1. The number of nitrogens with one attached hydrogen (secondary N) is 3. The number of H-pyrrole nitrogens is 2. The fourth-order valence-corrected chi connectivity index (χ4v) is 2.32. The van der Waals surface area contributed by atoms with Gasteiger partial charge in [0.15, 0.2) is 0 Å². The van der Waals surface area contributed by atoms with Crippen molar-refractivity contribution in [2.24, 2.45) is 11.8 Å². The van der Waals surface area contributed by atoms with Crippen molar-refractivity contribution in [1.82, 2.24) is 10.2 Å². The predicted molar refractivity (Wildman–Crippen MR) is 73.1 cm³/mol. The van der Waals surface area contributed by atoms with E-state index in [2.05, 4.69) is 15.5 Å². The SMILES string of the molecule is O=C(O)C1CC1C(=O)Nc1cccc2c(=O)[nH][nH]c(=O)c12. The van der Waals surface area contributed by atoms with Gasteiger partial charge in [-0.05, 0) is 18.6 Å². The number of carboxylic acid groups (broad SMARTS) is 1. The molecule has 108 valence electrons. The summed E-state index contributed by atoms with van der Waals surface area (Å²) in [4.78, 5) is 46.2. The fourth-order valence-electron chi connectivity index (χ4n) is 2.32. The van der Waals surface area contributed by atoms with E-state index in [0.717, 1.165) is 0 Å². The van der Waals surface area contributed by atoms with Gasteiger partial charge in [-0.15, -0.1) is 0 Å². The highest BCUT2D eigenvalue weighted by Gasteiger charge is 2.48. The Kier molecular flexibility index (Phi) is 2.86. The molecule has 1 amide bonds. The Morgan fingerprint density at radius 2 is 1.86 bits per heavy atom. The first kappa shape index (κ1) is 13.1. The van der Waals surface area contributed by atoms with Gasteiger partial charge in [0.2, 0.25) is 5.91 Å². The molecule has 0 bridgehead atoms. The quantitative estimate of drug-likeness (QED) is 0.625. The minimum atomic E-state index is -1.01. The van der Waals surface area contributed by atoms with E-state index in [1.54, 1.807) is 0 Å². The topological polar surface area (TPSA) is 132 Å². The number of carbonyl (C=O) groups is 2. The Hall–Kier alpha value is -2.90. The summed E-state index contributed by atoms with van der Waals surface area (Å²) in [5, 5.41) is 15.9. The second-order valence-corrected chi connectivity index (χ2v) is 4.91. The second-order valence-electron chi connectivity index (χ2n) is 4.91. The summed E-state index contributed by atoms with van der Waals surface area (Å²) in [6.45, 7) is 0. The molecule has 1 aliphatic rings. The molecule has 0 saturated heterocycles. The highest BCUT2D eigenvalue weighted by atomic mass is 16.4. The number of amides is 1. The maximum Gasteiger partial charge on any atom is 0.307 e. The van der Waals surface area contributed by atoms with E-state index in [-0.39, 0.29) is 22.9 Å². The van der Waals surface area contributed by atoms with Crippen LogP contribution >= 0.6 is 0 Å². The maximum absolute atomic E-state index is 12.0. The molecule has 1 saturated carbocycles. The van der Waals surface area contributed by atoms with Crippen LogP contribution < -0.4 is 16.4 Å². The van der Waals surface area contributed by atoms with Gasteiger partial charge in [0.1, 0.15) is 0 Å². The van der Waals surface area contributed by atoms with Crippen LogP contribution in [-0.2, 0) is 9.59 Å². The van der Waals surface area contributed by atoms with Gasteiger partial charge >= 0.3 is 5.97 Å². The van der Waals surface area contributed by atoms with Crippen molar-refractivity contribution >= 4 is 28.3 Å². The van der Waals surface area contributed by atoms with Crippen molar-refractivity contribution in [3.05, 3.63) is 38.9 Å². The first-order valence-corrected chi connectivity index (χ1v) is 6.26. The van der Waals surface area contributed by atoms with Crippen molar-refractivity contribution in [2.45, 2.75) is 6.42 Å². The van der Waals surface area contributed by atoms with E-state index in [1.807, 2.05) is 0 Å². The van der Waals surface area contributed by atoms with E-state index < -0.39 is 34.8 Å². The summed E-state index contributed by atoms with van der Waals surface area (Å²) in [5.41, 5.74) is -0.817. The third-order valence-electron chi connectivity index (χ3n) is 3.53. The molecule has 1 fully saturated rings. The van der Waals surface area contributed by atoms with Gasteiger partial charge in [0.05, 0.1) is 28.3 Å². The lowest BCUT2D eigenvalue weighted by molar-refractivity contribution is -0.139.